The zero-order valence-corrected chi connectivity index (χ0v) is 37.0. The van der Waals surface area contributed by atoms with Crippen molar-refractivity contribution in [3.05, 3.63) is 36.5 Å². The van der Waals surface area contributed by atoms with Gasteiger partial charge >= 0.3 is 27.6 Å². The monoisotopic (exact) mass is 852 g/mol. The number of phosphoric acid groups is 2. The summed E-state index contributed by atoms with van der Waals surface area (Å²) >= 11 is 0. The lowest BCUT2D eigenvalue weighted by Gasteiger charge is -2.20. The Bertz CT molecular complexity index is 1150. The number of hydrogen-bond acceptors (Lipinski definition) is 10. The number of carbonyl (C=O) groups excluding carboxylic acids is 2. The summed E-state index contributed by atoms with van der Waals surface area (Å²) in [6, 6.07) is 0. The van der Waals surface area contributed by atoms with Gasteiger partial charge in [0.15, 0.2) is 6.10 Å². The number of carbonyl (C=O) groups is 2. The number of allylic oxidation sites excluding steroid dienone is 6. The van der Waals surface area contributed by atoms with E-state index in [0.29, 0.717) is 12.8 Å². The molecule has 4 N–H and O–H groups in total. The molecule has 0 aliphatic rings. The molecule has 13 nitrogen and oxygen atoms in total. The van der Waals surface area contributed by atoms with E-state index in [0.717, 1.165) is 70.6 Å². The molecule has 0 rings (SSSR count). The number of esters is 2. The number of hydrogen-bond donors (Lipinski definition) is 4. The summed E-state index contributed by atoms with van der Waals surface area (Å²) in [5.74, 6) is -1.05. The number of aliphatic hydroxyl groups excluding tert-OH is 1. The third-order valence-corrected chi connectivity index (χ3v) is 10.4. The van der Waals surface area contributed by atoms with Gasteiger partial charge in [-0.1, -0.05) is 134 Å². The van der Waals surface area contributed by atoms with E-state index in [1.54, 1.807) is 0 Å². The minimum atomic E-state index is -4.86. The van der Waals surface area contributed by atoms with E-state index in [1.165, 1.54) is 70.6 Å². The molecule has 0 saturated heterocycles. The third-order valence-electron chi connectivity index (χ3n) is 8.99. The summed E-state index contributed by atoms with van der Waals surface area (Å²) in [7, 11) is -9.67. The summed E-state index contributed by atoms with van der Waals surface area (Å²) in [5, 5.41) is 9.74. The molecule has 0 aromatic rings. The van der Waals surface area contributed by atoms with Gasteiger partial charge in [-0.2, -0.15) is 0 Å². The van der Waals surface area contributed by atoms with E-state index < -0.39 is 59.6 Å². The second-order valence-electron chi connectivity index (χ2n) is 14.6. The van der Waals surface area contributed by atoms with Gasteiger partial charge in [-0.05, 0) is 70.6 Å². The standard InChI is InChI=1S/C42H78O13P2/c1-3-5-7-9-11-13-15-17-19-21-23-25-27-29-31-33-41(44)51-37-40(38-54-57(49,50)53-36-39(43)35-52-56(46,47)48)55-42(45)34-32-30-28-26-24-22-20-18-16-14-12-10-8-6-4-2/h11-14,18,20,39-40,43H,3-10,15-17,19,21-38H2,1-2H3,(H,49,50)(H2,46,47,48)/b13-11+,14-12+,20-18+/t39-,40+/m0/s1. The molecule has 0 bridgehead atoms. The zero-order valence-electron chi connectivity index (χ0n) is 35.2. The second-order valence-corrected chi connectivity index (χ2v) is 17.3. The van der Waals surface area contributed by atoms with E-state index in [9.17, 15) is 28.7 Å². The molecule has 334 valence electrons. The first-order valence-corrected chi connectivity index (χ1v) is 24.7. The Morgan fingerprint density at radius 1 is 0.509 bits per heavy atom. The van der Waals surface area contributed by atoms with Crippen LogP contribution in [-0.4, -0.2) is 70.4 Å². The molecule has 0 spiro atoms. The van der Waals surface area contributed by atoms with Crippen molar-refractivity contribution in [2.24, 2.45) is 0 Å². The molecule has 0 amide bonds. The second kappa shape index (κ2) is 38.5. The smallest absolute Gasteiger partial charge is 0.462 e. The number of aliphatic hydroxyl groups is 1. The van der Waals surface area contributed by atoms with E-state index in [-0.39, 0.29) is 19.4 Å². The largest absolute Gasteiger partial charge is 0.472 e. The van der Waals surface area contributed by atoms with Crippen LogP contribution >= 0.6 is 15.6 Å². The summed E-state index contributed by atoms with van der Waals surface area (Å²) in [6.45, 7) is 1.70. The molecule has 3 atom stereocenters. The van der Waals surface area contributed by atoms with Gasteiger partial charge in [0.1, 0.15) is 12.7 Å². The van der Waals surface area contributed by atoms with Crippen LogP contribution in [0.5, 0.6) is 0 Å². The van der Waals surface area contributed by atoms with Crippen LogP contribution in [0.4, 0.5) is 0 Å². The van der Waals surface area contributed by atoms with Crippen LogP contribution in [0.2, 0.25) is 0 Å². The number of ether oxygens (including phenoxy) is 2. The highest BCUT2D eigenvalue weighted by Gasteiger charge is 2.28. The van der Waals surface area contributed by atoms with Crippen LogP contribution in [0.1, 0.15) is 181 Å². The van der Waals surface area contributed by atoms with E-state index in [2.05, 4.69) is 59.4 Å². The molecule has 15 heteroatoms. The number of phosphoric ester groups is 2. The van der Waals surface area contributed by atoms with Gasteiger partial charge in [-0.3, -0.25) is 23.2 Å². The molecule has 0 fully saturated rings. The molecule has 57 heavy (non-hydrogen) atoms. The molecule has 0 saturated carbocycles. The quantitative estimate of drug-likeness (QED) is 0.0196. The fourth-order valence-electron chi connectivity index (χ4n) is 5.67. The maximum atomic E-state index is 12.6. The van der Waals surface area contributed by atoms with Crippen LogP contribution in [0.25, 0.3) is 0 Å². The fourth-order valence-corrected chi connectivity index (χ4v) is 6.82. The average molecular weight is 853 g/mol. The first-order chi connectivity index (χ1) is 27.4. The van der Waals surface area contributed by atoms with Crippen LogP contribution < -0.4 is 0 Å². The topological polar surface area (TPSA) is 195 Å². The normalized spacial score (nSPS) is 14.4. The molecular formula is C42H78O13P2. The summed E-state index contributed by atoms with van der Waals surface area (Å²) in [6.07, 6.45) is 37.0. The molecular weight excluding hydrogens is 774 g/mol. The minimum absolute atomic E-state index is 0.115. The molecule has 0 aromatic heterocycles. The highest BCUT2D eigenvalue weighted by molar-refractivity contribution is 7.47. The first kappa shape index (κ1) is 55.3. The van der Waals surface area contributed by atoms with Crippen molar-refractivity contribution in [3.8, 4) is 0 Å². The van der Waals surface area contributed by atoms with Crippen LogP contribution in [0, 0.1) is 0 Å². The SMILES string of the molecule is CCCCC/C=C/C/C=C/CCCCCCCC(=O)O[C@H](COC(=O)CCCCCCCCCC/C=C/CCCCC)COP(=O)(O)OC[C@@H](O)COP(=O)(O)O. The zero-order chi connectivity index (χ0) is 42.3. The van der Waals surface area contributed by atoms with Crippen molar-refractivity contribution in [1.82, 2.24) is 0 Å². The van der Waals surface area contributed by atoms with Crippen molar-refractivity contribution in [2.75, 3.05) is 26.4 Å². The highest BCUT2D eigenvalue weighted by atomic mass is 31.2. The van der Waals surface area contributed by atoms with Gasteiger partial charge in [0.05, 0.1) is 19.8 Å². The highest BCUT2D eigenvalue weighted by Crippen LogP contribution is 2.43. The lowest BCUT2D eigenvalue weighted by Crippen LogP contribution is -2.30. The Morgan fingerprint density at radius 2 is 0.912 bits per heavy atom. The Kier molecular flexibility index (Phi) is 37.4. The molecule has 0 aliphatic carbocycles. The summed E-state index contributed by atoms with van der Waals surface area (Å²) in [4.78, 5) is 52.6. The predicted molar refractivity (Wildman–Crippen MR) is 225 cm³/mol. The molecule has 0 radical (unpaired) electrons. The fraction of sp³-hybridized carbons (Fsp3) is 0.810. The van der Waals surface area contributed by atoms with Crippen molar-refractivity contribution >= 4 is 27.6 Å². The Balaban J connectivity index is 4.54. The summed E-state index contributed by atoms with van der Waals surface area (Å²) in [5.41, 5.74) is 0. The number of unbranched alkanes of at least 4 members (excludes halogenated alkanes) is 19. The third kappa shape index (κ3) is 42.3. The maximum absolute atomic E-state index is 12.6. The number of rotatable bonds is 41. The van der Waals surface area contributed by atoms with Crippen LogP contribution in [0.3, 0.4) is 0 Å². The van der Waals surface area contributed by atoms with Crippen molar-refractivity contribution < 1.29 is 61.6 Å². The van der Waals surface area contributed by atoms with Gasteiger partial charge in [-0.25, -0.2) is 9.13 Å². The minimum Gasteiger partial charge on any atom is -0.462 e. The van der Waals surface area contributed by atoms with Gasteiger partial charge in [0.25, 0.3) is 0 Å². The molecule has 0 aliphatic heterocycles. The molecule has 0 heterocycles. The molecule has 1 unspecified atom stereocenters. The van der Waals surface area contributed by atoms with Crippen LogP contribution in [0.15, 0.2) is 36.5 Å². The van der Waals surface area contributed by atoms with Gasteiger partial charge in [-0.15, -0.1) is 0 Å². The van der Waals surface area contributed by atoms with Crippen LogP contribution in [-0.2, 0) is 41.8 Å². The lowest BCUT2D eigenvalue weighted by molar-refractivity contribution is -0.161. The Labute approximate surface area is 344 Å². The van der Waals surface area contributed by atoms with Crippen molar-refractivity contribution in [1.29, 1.82) is 0 Å². The lowest BCUT2D eigenvalue weighted by atomic mass is 10.1. The Morgan fingerprint density at radius 3 is 1.40 bits per heavy atom. The van der Waals surface area contributed by atoms with E-state index in [1.807, 2.05) is 0 Å². The molecule has 0 aromatic carbocycles. The summed E-state index contributed by atoms with van der Waals surface area (Å²) < 4.78 is 47.7. The predicted octanol–water partition coefficient (Wildman–Crippen LogP) is 10.9. The van der Waals surface area contributed by atoms with E-state index >= 15 is 0 Å². The first-order valence-electron chi connectivity index (χ1n) is 21.7. The van der Waals surface area contributed by atoms with Crippen molar-refractivity contribution in [3.63, 3.8) is 0 Å². The van der Waals surface area contributed by atoms with Gasteiger partial charge in [0.2, 0.25) is 0 Å². The average Bonchev–Trinajstić information content (AvgIpc) is 3.17. The maximum Gasteiger partial charge on any atom is 0.472 e. The van der Waals surface area contributed by atoms with Gasteiger partial charge in [0, 0.05) is 12.8 Å². The van der Waals surface area contributed by atoms with Crippen molar-refractivity contribution in [2.45, 2.75) is 193 Å². The van der Waals surface area contributed by atoms with Gasteiger partial charge < -0.3 is 29.3 Å². The van der Waals surface area contributed by atoms with E-state index in [4.69, 9.17) is 23.8 Å². The Hall–Kier alpha value is -1.66.